The number of hydrogen-bond acceptors (Lipinski definition) is 8. The van der Waals surface area contributed by atoms with Gasteiger partial charge < -0.3 is 24.7 Å². The summed E-state index contributed by atoms with van der Waals surface area (Å²) in [5, 5.41) is 10.7. The van der Waals surface area contributed by atoms with Crippen molar-refractivity contribution < 1.29 is 23.7 Å². The fourth-order valence-corrected chi connectivity index (χ4v) is 4.41. The summed E-state index contributed by atoms with van der Waals surface area (Å²) in [5.41, 5.74) is 9.10. The van der Waals surface area contributed by atoms with E-state index in [1.54, 1.807) is 49.7 Å². The van der Waals surface area contributed by atoms with Gasteiger partial charge in [-0.3, -0.25) is 4.98 Å². The van der Waals surface area contributed by atoms with E-state index in [9.17, 15) is 10.1 Å². The van der Waals surface area contributed by atoms with Crippen LogP contribution in [0.4, 0.5) is 0 Å². The number of allylic oxidation sites excluding steroid dienone is 1. The van der Waals surface area contributed by atoms with Crippen LogP contribution in [0, 0.1) is 11.3 Å². The van der Waals surface area contributed by atoms with Crippen molar-refractivity contribution in [2.45, 2.75) is 19.3 Å². The minimum Gasteiger partial charge on any atom is -0.493 e. The number of methoxy groups -OCH3 is 1. The molecule has 8 nitrogen and oxygen atoms in total. The molecule has 8 heteroatoms. The Morgan fingerprint density at radius 2 is 1.97 bits per heavy atom. The van der Waals surface area contributed by atoms with Crippen LogP contribution in [0.25, 0.3) is 10.9 Å². The monoisotopic (exact) mass is 507 g/mol. The number of esters is 1. The molecule has 0 aliphatic carbocycles. The molecule has 5 rings (SSSR count). The lowest BCUT2D eigenvalue weighted by Crippen LogP contribution is -2.21. The van der Waals surface area contributed by atoms with Crippen molar-refractivity contribution in [1.82, 2.24) is 4.98 Å². The zero-order valence-electron chi connectivity index (χ0n) is 20.9. The van der Waals surface area contributed by atoms with Crippen LogP contribution in [0.3, 0.4) is 0 Å². The van der Waals surface area contributed by atoms with E-state index < -0.39 is 11.9 Å². The van der Waals surface area contributed by atoms with Gasteiger partial charge >= 0.3 is 5.97 Å². The summed E-state index contributed by atoms with van der Waals surface area (Å²) in [7, 11) is 1.57. The molecule has 0 fully saturated rings. The third-order valence-electron chi connectivity index (χ3n) is 6.22. The molecule has 1 atom stereocenters. The summed E-state index contributed by atoms with van der Waals surface area (Å²) in [6.45, 7) is 2.58. The van der Waals surface area contributed by atoms with Gasteiger partial charge in [0.1, 0.15) is 23.1 Å². The lowest BCUT2D eigenvalue weighted by atomic mass is 9.83. The zero-order chi connectivity index (χ0) is 26.6. The predicted octanol–water partition coefficient (Wildman–Crippen LogP) is 5.47. The molecule has 0 bridgehead atoms. The van der Waals surface area contributed by atoms with Gasteiger partial charge in [0, 0.05) is 23.2 Å². The SMILES string of the molecule is CCCOc1ccc(C2C(C#N)=C(N)Oc3cc(OC(=O)c4ccc5ncccc5c4)ccc32)cc1OC. The first-order valence-corrected chi connectivity index (χ1v) is 12.1. The number of ether oxygens (including phenoxy) is 4. The highest BCUT2D eigenvalue weighted by Crippen LogP contribution is 2.45. The normalized spacial score (nSPS) is 14.3. The Kier molecular flexibility index (Phi) is 6.83. The van der Waals surface area contributed by atoms with Crippen LogP contribution in [0.2, 0.25) is 0 Å². The number of rotatable bonds is 7. The quantitative estimate of drug-likeness (QED) is 0.259. The molecule has 1 aliphatic heterocycles. The fraction of sp³-hybridized carbons (Fsp3) is 0.167. The lowest BCUT2D eigenvalue weighted by Gasteiger charge is -2.27. The first-order valence-electron chi connectivity index (χ1n) is 12.1. The number of hydrogen-bond donors (Lipinski definition) is 1. The van der Waals surface area contributed by atoms with Gasteiger partial charge in [-0.2, -0.15) is 5.26 Å². The number of pyridine rings is 1. The minimum absolute atomic E-state index is 0.0132. The molecule has 0 radical (unpaired) electrons. The van der Waals surface area contributed by atoms with E-state index in [0.717, 1.165) is 22.9 Å². The van der Waals surface area contributed by atoms with Gasteiger partial charge in [-0.05, 0) is 54.4 Å². The summed E-state index contributed by atoms with van der Waals surface area (Å²) in [4.78, 5) is 17.1. The Hall–Kier alpha value is -5.03. The molecule has 2 heterocycles. The van der Waals surface area contributed by atoms with Crippen LogP contribution in [-0.2, 0) is 0 Å². The van der Waals surface area contributed by atoms with Gasteiger partial charge in [-0.15, -0.1) is 0 Å². The number of carbonyl (C=O) groups excluding carboxylic acids is 1. The first kappa shape index (κ1) is 24.7. The van der Waals surface area contributed by atoms with Crippen LogP contribution in [0.5, 0.6) is 23.0 Å². The van der Waals surface area contributed by atoms with Crippen molar-refractivity contribution >= 4 is 16.9 Å². The Labute approximate surface area is 219 Å². The van der Waals surface area contributed by atoms with Crippen molar-refractivity contribution in [3.05, 3.63) is 101 Å². The van der Waals surface area contributed by atoms with Crippen molar-refractivity contribution in [2.24, 2.45) is 5.73 Å². The third-order valence-corrected chi connectivity index (χ3v) is 6.22. The van der Waals surface area contributed by atoms with Gasteiger partial charge in [0.25, 0.3) is 0 Å². The second-order valence-electron chi connectivity index (χ2n) is 8.68. The molecule has 1 aromatic heterocycles. The molecular formula is C30H25N3O5. The molecule has 0 saturated heterocycles. The molecule has 4 aromatic rings. The number of benzene rings is 3. The summed E-state index contributed by atoms with van der Waals surface area (Å²) < 4.78 is 22.7. The molecule has 0 amide bonds. The van der Waals surface area contributed by atoms with Gasteiger partial charge in [0.05, 0.1) is 30.7 Å². The lowest BCUT2D eigenvalue weighted by molar-refractivity contribution is 0.0734. The van der Waals surface area contributed by atoms with Crippen LogP contribution in [0.15, 0.2) is 84.4 Å². The maximum Gasteiger partial charge on any atom is 0.343 e. The van der Waals surface area contributed by atoms with E-state index in [1.165, 1.54) is 0 Å². The summed E-state index contributed by atoms with van der Waals surface area (Å²) >= 11 is 0. The van der Waals surface area contributed by atoms with E-state index in [4.69, 9.17) is 24.7 Å². The highest BCUT2D eigenvalue weighted by atomic mass is 16.5. The summed E-state index contributed by atoms with van der Waals surface area (Å²) in [5.74, 6) is 0.814. The molecule has 1 unspecified atom stereocenters. The average Bonchev–Trinajstić information content (AvgIpc) is 2.94. The Morgan fingerprint density at radius 3 is 2.76 bits per heavy atom. The number of fused-ring (bicyclic) bond motifs is 2. The van der Waals surface area contributed by atoms with E-state index in [-0.39, 0.29) is 17.2 Å². The first-order chi connectivity index (χ1) is 18.5. The molecule has 38 heavy (non-hydrogen) atoms. The zero-order valence-corrected chi connectivity index (χ0v) is 20.9. The minimum atomic E-state index is -0.517. The van der Waals surface area contributed by atoms with Crippen LogP contribution in [-0.4, -0.2) is 24.7 Å². The fourth-order valence-electron chi connectivity index (χ4n) is 4.41. The van der Waals surface area contributed by atoms with E-state index in [2.05, 4.69) is 11.1 Å². The van der Waals surface area contributed by atoms with E-state index >= 15 is 0 Å². The Morgan fingerprint density at radius 1 is 1.11 bits per heavy atom. The topological polar surface area (TPSA) is 117 Å². The average molecular weight is 508 g/mol. The predicted molar refractivity (Wildman–Crippen MR) is 141 cm³/mol. The molecule has 0 spiro atoms. The van der Waals surface area contributed by atoms with E-state index in [0.29, 0.717) is 35.0 Å². The standard InChI is InChI=1S/C30H25N3O5/c1-3-13-36-25-11-7-19(15-27(25)35-2)28-22-9-8-21(16-26(22)38-29(32)23(28)17-31)37-30(34)20-6-10-24-18(14-20)5-4-12-33-24/h4-12,14-16,28H,3,13,32H2,1-2H3. The van der Waals surface area contributed by atoms with Gasteiger partial charge in [-0.25, -0.2) is 4.79 Å². The summed E-state index contributed by atoms with van der Waals surface area (Å²) in [6, 6.07) is 21.6. The highest BCUT2D eigenvalue weighted by molar-refractivity contribution is 5.95. The van der Waals surface area contributed by atoms with Crippen molar-refractivity contribution in [3.63, 3.8) is 0 Å². The number of nitrogens with zero attached hydrogens (tertiary/aromatic N) is 2. The van der Waals surface area contributed by atoms with Crippen molar-refractivity contribution in [1.29, 1.82) is 5.26 Å². The van der Waals surface area contributed by atoms with Gasteiger partial charge in [0.15, 0.2) is 11.5 Å². The van der Waals surface area contributed by atoms with Crippen LogP contribution >= 0.6 is 0 Å². The van der Waals surface area contributed by atoms with Crippen molar-refractivity contribution in [2.75, 3.05) is 13.7 Å². The molecular weight excluding hydrogens is 482 g/mol. The molecule has 1 aliphatic rings. The number of nitrogens with two attached hydrogens (primary N) is 1. The Bertz CT molecular complexity index is 1610. The van der Waals surface area contributed by atoms with Gasteiger partial charge in [0.2, 0.25) is 5.88 Å². The molecule has 2 N–H and O–H groups in total. The smallest absolute Gasteiger partial charge is 0.343 e. The van der Waals surface area contributed by atoms with Crippen molar-refractivity contribution in [3.8, 4) is 29.1 Å². The van der Waals surface area contributed by atoms with Crippen LogP contribution < -0.4 is 24.7 Å². The second-order valence-corrected chi connectivity index (χ2v) is 8.68. The highest BCUT2D eigenvalue weighted by Gasteiger charge is 2.32. The number of carbonyl (C=O) groups is 1. The van der Waals surface area contributed by atoms with Gasteiger partial charge in [-0.1, -0.05) is 25.1 Å². The number of aromatic nitrogens is 1. The number of nitriles is 1. The molecule has 3 aromatic carbocycles. The summed E-state index contributed by atoms with van der Waals surface area (Å²) in [6.07, 6.45) is 2.56. The molecule has 0 saturated carbocycles. The Balaban J connectivity index is 1.46. The van der Waals surface area contributed by atoms with E-state index in [1.807, 2.05) is 37.3 Å². The largest absolute Gasteiger partial charge is 0.493 e. The van der Waals surface area contributed by atoms with Crippen LogP contribution in [0.1, 0.15) is 40.7 Å². The second kappa shape index (κ2) is 10.5. The molecule has 190 valence electrons. The maximum absolute atomic E-state index is 12.9. The third kappa shape index (κ3) is 4.70. The maximum atomic E-state index is 12.9.